The molecule has 1 saturated carbocycles. The van der Waals surface area contributed by atoms with E-state index in [0.29, 0.717) is 12.8 Å². The maximum absolute atomic E-state index is 15.4. The van der Waals surface area contributed by atoms with E-state index in [9.17, 15) is 30.4 Å². The van der Waals surface area contributed by atoms with E-state index in [4.69, 9.17) is 0 Å². The molecule has 2 aromatic heterocycles. The molecule has 13 heteroatoms. The van der Waals surface area contributed by atoms with Crippen LogP contribution in [-0.2, 0) is 22.7 Å². The monoisotopic (exact) mass is 548 g/mol. The molecule has 1 unspecified atom stereocenters. The largest absolute Gasteiger partial charge is 0.435 e. The maximum Gasteiger partial charge on any atom is 0.435 e. The topological polar surface area (TPSA) is 76.9 Å². The number of alkyl halides is 5. The average molecular weight is 549 g/mol. The number of halogens is 6. The third-order valence-electron chi connectivity index (χ3n) is 5.90. The fourth-order valence-corrected chi connectivity index (χ4v) is 5.72. The van der Waals surface area contributed by atoms with Crippen LogP contribution in [0.25, 0.3) is 22.2 Å². The van der Waals surface area contributed by atoms with Crippen molar-refractivity contribution in [2.45, 2.75) is 71.0 Å². The molecule has 0 radical (unpaired) electrons. The molecule has 0 spiro atoms. The molecule has 0 saturated heterocycles. The number of nitrogens with zero attached hydrogens (tertiary/aromatic N) is 3. The highest BCUT2D eigenvalue weighted by molar-refractivity contribution is 7.90. The van der Waals surface area contributed by atoms with Gasteiger partial charge >= 0.3 is 6.18 Å². The summed E-state index contributed by atoms with van der Waals surface area (Å²) in [6.07, 6.45) is -4.99. The summed E-state index contributed by atoms with van der Waals surface area (Å²) in [6.45, 7) is 7.12. The minimum Gasteiger partial charge on any atom is -0.347 e. The quantitative estimate of drug-likeness (QED) is 0.368. The van der Waals surface area contributed by atoms with Crippen molar-refractivity contribution in [2.75, 3.05) is 0 Å². The van der Waals surface area contributed by atoms with Gasteiger partial charge in [-0.25, -0.2) is 31.3 Å². The highest BCUT2D eigenvalue weighted by Gasteiger charge is 2.41. The van der Waals surface area contributed by atoms with E-state index >= 15 is 4.39 Å². The number of aromatic nitrogens is 3. The molecular formula is C24H26F6N4O2S. The predicted molar refractivity (Wildman–Crippen MR) is 126 cm³/mol. The molecule has 37 heavy (non-hydrogen) atoms. The summed E-state index contributed by atoms with van der Waals surface area (Å²) in [4.78, 5) is 7.29. The molecule has 1 fully saturated rings. The van der Waals surface area contributed by atoms with E-state index in [1.165, 1.54) is 17.7 Å². The van der Waals surface area contributed by atoms with E-state index in [2.05, 4.69) is 14.7 Å². The Kier molecular flexibility index (Phi) is 6.85. The molecule has 1 aliphatic rings. The molecule has 1 aromatic carbocycles. The lowest BCUT2D eigenvalue weighted by Gasteiger charge is -2.20. The summed E-state index contributed by atoms with van der Waals surface area (Å²) in [5, 5.41) is -0.802. The van der Waals surface area contributed by atoms with Gasteiger partial charge in [0.1, 0.15) is 17.6 Å². The highest BCUT2D eigenvalue weighted by Crippen LogP contribution is 2.40. The maximum atomic E-state index is 15.4. The lowest BCUT2D eigenvalue weighted by Crippen LogP contribution is -2.35. The zero-order chi connectivity index (χ0) is 27.5. The molecule has 4 rings (SSSR count). The van der Waals surface area contributed by atoms with E-state index in [1.54, 1.807) is 0 Å². The number of sulfonamides is 1. The Morgan fingerprint density at radius 1 is 1.16 bits per heavy atom. The minimum absolute atomic E-state index is 0.0151. The summed E-state index contributed by atoms with van der Waals surface area (Å²) >= 11 is 0. The van der Waals surface area contributed by atoms with Gasteiger partial charge in [-0.2, -0.15) is 13.2 Å². The first-order chi connectivity index (χ1) is 17.0. The van der Waals surface area contributed by atoms with Gasteiger partial charge in [0.2, 0.25) is 10.0 Å². The lowest BCUT2D eigenvalue weighted by molar-refractivity contribution is -0.140. The molecule has 202 valence electrons. The normalized spacial score (nSPS) is 16.1. The van der Waals surface area contributed by atoms with Crippen LogP contribution >= 0.6 is 0 Å². The van der Waals surface area contributed by atoms with Gasteiger partial charge in [-0.3, -0.25) is 4.98 Å². The molecule has 0 aliphatic heterocycles. The molecule has 6 nitrogen and oxygen atoms in total. The number of hydrogen-bond donors (Lipinski definition) is 1. The van der Waals surface area contributed by atoms with Crippen LogP contribution in [0.1, 0.15) is 56.6 Å². The van der Waals surface area contributed by atoms with E-state index in [-0.39, 0.29) is 28.7 Å². The number of fused-ring (bicyclic) bond motifs is 1. The molecular weight excluding hydrogens is 522 g/mol. The van der Waals surface area contributed by atoms with Crippen LogP contribution in [0.15, 0.2) is 24.5 Å². The van der Waals surface area contributed by atoms with Crippen LogP contribution < -0.4 is 4.72 Å². The Balaban J connectivity index is 1.95. The fraction of sp³-hybridized carbons (Fsp3) is 0.500. The van der Waals surface area contributed by atoms with Crippen molar-refractivity contribution in [3.8, 4) is 11.3 Å². The zero-order valence-corrected chi connectivity index (χ0v) is 21.3. The van der Waals surface area contributed by atoms with Gasteiger partial charge in [-0.05, 0) is 37.3 Å². The second-order valence-corrected chi connectivity index (χ2v) is 12.5. The van der Waals surface area contributed by atoms with Crippen LogP contribution in [0.3, 0.4) is 0 Å². The second-order valence-electron chi connectivity index (χ2n) is 10.5. The van der Waals surface area contributed by atoms with Crippen LogP contribution in [0, 0.1) is 18.2 Å². The lowest BCUT2D eigenvalue weighted by atomic mass is 9.97. The van der Waals surface area contributed by atoms with Crippen molar-refractivity contribution in [2.24, 2.45) is 5.41 Å². The van der Waals surface area contributed by atoms with Gasteiger partial charge in [0, 0.05) is 41.0 Å². The van der Waals surface area contributed by atoms with Crippen molar-refractivity contribution >= 4 is 20.9 Å². The number of benzene rings is 1. The van der Waals surface area contributed by atoms with Crippen LogP contribution in [0.5, 0.6) is 0 Å². The van der Waals surface area contributed by atoms with Gasteiger partial charge in [-0.15, -0.1) is 0 Å². The first kappa shape index (κ1) is 27.4. The molecule has 1 N–H and O–H groups in total. The first-order valence-corrected chi connectivity index (χ1v) is 13.1. The Bertz CT molecular complexity index is 1440. The van der Waals surface area contributed by atoms with Crippen LogP contribution in [0.2, 0.25) is 0 Å². The standard InChI is InChI=1S/C24H26F6N4O2S/c1-12-9-31-19(21(32-12)24(28,29)30)15-8-18-14(7-17(15)25)16(10-34(18)11-23(2,3)4)20(22(26)27)33-37(35,36)13-5-6-13/h7-10,13,20,22,33H,5-6,11H2,1-4H3. The minimum atomic E-state index is -4.92. The van der Waals surface area contributed by atoms with Crippen LogP contribution in [-0.4, -0.2) is 34.6 Å². The zero-order valence-electron chi connectivity index (χ0n) is 20.5. The van der Waals surface area contributed by atoms with Crippen molar-refractivity contribution in [1.29, 1.82) is 0 Å². The van der Waals surface area contributed by atoms with E-state index < -0.39 is 62.1 Å². The van der Waals surface area contributed by atoms with Crippen molar-refractivity contribution in [3.63, 3.8) is 0 Å². The Labute approximate surface area is 210 Å². The molecule has 0 amide bonds. The molecule has 3 aromatic rings. The third kappa shape index (κ3) is 5.77. The Morgan fingerprint density at radius 2 is 1.81 bits per heavy atom. The van der Waals surface area contributed by atoms with Gasteiger partial charge < -0.3 is 4.57 Å². The van der Waals surface area contributed by atoms with Gasteiger partial charge in [0.25, 0.3) is 6.43 Å². The number of hydrogen-bond acceptors (Lipinski definition) is 4. The summed E-state index contributed by atoms with van der Waals surface area (Å²) in [5.74, 6) is -1.14. The summed E-state index contributed by atoms with van der Waals surface area (Å²) < 4.78 is 113. The molecule has 1 aliphatic carbocycles. The van der Waals surface area contributed by atoms with Crippen molar-refractivity contribution in [3.05, 3.63) is 47.3 Å². The summed E-state index contributed by atoms with van der Waals surface area (Å²) in [6, 6.07) is -0.00175. The number of rotatable bonds is 7. The van der Waals surface area contributed by atoms with E-state index in [0.717, 1.165) is 18.3 Å². The molecule has 0 bridgehead atoms. The summed E-state index contributed by atoms with van der Waals surface area (Å²) in [7, 11) is -4.04. The first-order valence-electron chi connectivity index (χ1n) is 11.5. The van der Waals surface area contributed by atoms with Gasteiger partial charge in [0.15, 0.2) is 5.69 Å². The SMILES string of the molecule is Cc1cnc(-c2cc3c(cc2F)c(C(NS(=O)(=O)C2CC2)C(F)F)cn3CC(C)(C)C)c(C(F)(F)F)n1. The van der Waals surface area contributed by atoms with E-state index in [1.807, 2.05) is 20.8 Å². The number of aryl methyl sites for hydroxylation is 1. The Hall–Kier alpha value is -2.67. The van der Waals surface area contributed by atoms with Crippen molar-refractivity contribution in [1.82, 2.24) is 19.3 Å². The van der Waals surface area contributed by atoms with Crippen molar-refractivity contribution < 1.29 is 34.8 Å². The third-order valence-corrected chi connectivity index (χ3v) is 7.84. The van der Waals surface area contributed by atoms with Gasteiger partial charge in [-0.1, -0.05) is 20.8 Å². The summed E-state index contributed by atoms with van der Waals surface area (Å²) in [5.41, 5.74) is -3.04. The fourth-order valence-electron chi connectivity index (χ4n) is 4.18. The smallest absolute Gasteiger partial charge is 0.347 e. The van der Waals surface area contributed by atoms with Gasteiger partial charge in [0.05, 0.1) is 10.9 Å². The predicted octanol–water partition coefficient (Wildman–Crippen LogP) is 6.00. The number of nitrogens with one attached hydrogen (secondary N) is 1. The highest BCUT2D eigenvalue weighted by atomic mass is 32.2. The second kappa shape index (κ2) is 9.26. The molecule has 1 atom stereocenters. The average Bonchev–Trinajstić information content (AvgIpc) is 3.56. The van der Waals surface area contributed by atoms with Crippen LogP contribution in [0.4, 0.5) is 26.3 Å². The molecule has 2 heterocycles. The Morgan fingerprint density at radius 3 is 2.35 bits per heavy atom.